The van der Waals surface area contributed by atoms with E-state index in [4.69, 9.17) is 23.2 Å². The number of unbranched alkanes of at least 4 members (excludes halogenated alkanes) is 5. The molecular weight excluding hydrogens is 315 g/mol. The van der Waals surface area contributed by atoms with Gasteiger partial charge in [0.15, 0.2) is 23.0 Å². The van der Waals surface area contributed by atoms with Crippen molar-refractivity contribution < 1.29 is 20.1 Å². The first-order valence-corrected chi connectivity index (χ1v) is 7.82. The number of rotatable bonds is 8. The Morgan fingerprint density at radius 3 is 1.86 bits per heavy atom. The second-order valence-electron chi connectivity index (χ2n) is 4.99. The molecule has 0 aliphatic carbocycles. The van der Waals surface area contributed by atoms with Gasteiger partial charge in [-0.15, -0.1) is 0 Å². The molecule has 0 radical (unpaired) electrons. The van der Waals surface area contributed by atoms with E-state index < -0.39 is 33.1 Å². The molecule has 0 atom stereocenters. The van der Waals surface area contributed by atoms with E-state index in [1.165, 1.54) is 6.42 Å². The van der Waals surface area contributed by atoms with Gasteiger partial charge in [-0.2, -0.15) is 0 Å². The molecule has 0 fully saturated rings. The first-order valence-electron chi connectivity index (χ1n) is 7.06. The molecular formula is C15H20Cl2O4. The Kier molecular flexibility index (Phi) is 7.12. The number of carbonyl (C=O) groups is 1. The third-order valence-electron chi connectivity index (χ3n) is 3.34. The average Bonchev–Trinajstić information content (AvgIpc) is 2.47. The van der Waals surface area contributed by atoms with Crippen molar-refractivity contribution >= 4 is 29.0 Å². The first-order chi connectivity index (χ1) is 9.91. The summed E-state index contributed by atoms with van der Waals surface area (Å²) < 4.78 is 0. The molecule has 6 heteroatoms. The van der Waals surface area contributed by atoms with Gasteiger partial charge in [-0.05, 0) is 6.42 Å². The number of Topliss-reactive ketones (excluding diaryl/α,β-unsaturated/α-hetero) is 1. The minimum atomic E-state index is -0.635. The number of phenolic OH excluding ortho intramolecular Hbond substituents is 3. The minimum absolute atomic E-state index is 0.185. The van der Waals surface area contributed by atoms with Gasteiger partial charge in [0, 0.05) is 6.42 Å². The summed E-state index contributed by atoms with van der Waals surface area (Å²) in [6.07, 6.45) is 6.28. The fourth-order valence-electron chi connectivity index (χ4n) is 2.11. The molecule has 0 saturated heterocycles. The van der Waals surface area contributed by atoms with Crippen LogP contribution in [0.25, 0.3) is 0 Å². The van der Waals surface area contributed by atoms with Crippen LogP contribution in [0.4, 0.5) is 0 Å². The highest BCUT2D eigenvalue weighted by Crippen LogP contribution is 2.48. The van der Waals surface area contributed by atoms with Crippen molar-refractivity contribution in [2.24, 2.45) is 0 Å². The summed E-state index contributed by atoms with van der Waals surface area (Å²) in [5.41, 5.74) is -0.323. The number of phenols is 3. The molecule has 1 rings (SSSR count). The molecule has 4 nitrogen and oxygen atoms in total. The number of aromatic hydroxyl groups is 3. The normalized spacial score (nSPS) is 10.8. The largest absolute Gasteiger partial charge is 0.505 e. The molecule has 0 heterocycles. The van der Waals surface area contributed by atoms with Crippen LogP contribution in [0, 0.1) is 0 Å². The minimum Gasteiger partial charge on any atom is -0.505 e. The molecule has 0 amide bonds. The second kappa shape index (κ2) is 8.35. The van der Waals surface area contributed by atoms with E-state index in [0.29, 0.717) is 6.42 Å². The van der Waals surface area contributed by atoms with Gasteiger partial charge in [-0.25, -0.2) is 0 Å². The molecule has 21 heavy (non-hydrogen) atoms. The lowest BCUT2D eigenvalue weighted by atomic mass is 10.0. The van der Waals surface area contributed by atoms with Crippen molar-refractivity contribution in [1.82, 2.24) is 0 Å². The Morgan fingerprint density at radius 1 is 0.857 bits per heavy atom. The third-order valence-corrected chi connectivity index (χ3v) is 4.06. The fourth-order valence-corrected chi connectivity index (χ4v) is 2.53. The van der Waals surface area contributed by atoms with Gasteiger partial charge >= 0.3 is 0 Å². The number of hydrogen-bond acceptors (Lipinski definition) is 4. The fraction of sp³-hybridized carbons (Fsp3) is 0.533. The summed E-state index contributed by atoms with van der Waals surface area (Å²) in [7, 11) is 0. The predicted octanol–water partition coefficient (Wildman–Crippen LogP) is 5.04. The molecule has 1 aromatic rings. The summed E-state index contributed by atoms with van der Waals surface area (Å²) in [4.78, 5) is 12.1. The highest BCUT2D eigenvalue weighted by Gasteiger charge is 2.25. The van der Waals surface area contributed by atoms with Gasteiger partial charge in [-0.1, -0.05) is 62.2 Å². The summed E-state index contributed by atoms with van der Waals surface area (Å²) in [6.45, 7) is 2.13. The summed E-state index contributed by atoms with van der Waals surface area (Å²) in [5.74, 6) is -2.34. The van der Waals surface area contributed by atoms with Crippen molar-refractivity contribution in [1.29, 1.82) is 0 Å². The van der Waals surface area contributed by atoms with Gasteiger partial charge in [-0.3, -0.25) is 4.79 Å². The molecule has 1 aromatic carbocycles. The second-order valence-corrected chi connectivity index (χ2v) is 5.75. The van der Waals surface area contributed by atoms with Crippen LogP contribution in [0.15, 0.2) is 0 Å². The van der Waals surface area contributed by atoms with E-state index in [1.54, 1.807) is 0 Å². The third kappa shape index (κ3) is 4.42. The molecule has 0 bridgehead atoms. The van der Waals surface area contributed by atoms with E-state index in [0.717, 1.165) is 25.7 Å². The van der Waals surface area contributed by atoms with Crippen molar-refractivity contribution in [2.45, 2.75) is 51.9 Å². The van der Waals surface area contributed by atoms with Gasteiger partial charge in [0.05, 0.1) is 0 Å². The van der Waals surface area contributed by atoms with Gasteiger partial charge in [0.1, 0.15) is 15.6 Å². The van der Waals surface area contributed by atoms with Gasteiger partial charge in [0.25, 0.3) is 0 Å². The molecule has 0 saturated carbocycles. The molecule has 0 unspecified atom stereocenters. The topological polar surface area (TPSA) is 77.8 Å². The summed E-state index contributed by atoms with van der Waals surface area (Å²) in [6, 6.07) is 0. The standard InChI is InChI=1S/C15H20Cl2O4/c1-2-3-4-5-6-7-8-9(18)10-13(19)11(16)15(21)12(17)14(10)20/h19-21H,2-8H2,1H3. The Bertz CT molecular complexity index is 486. The van der Waals surface area contributed by atoms with Crippen LogP contribution in [0.1, 0.15) is 62.2 Å². The van der Waals surface area contributed by atoms with Crippen molar-refractivity contribution in [3.8, 4) is 17.2 Å². The quantitative estimate of drug-likeness (QED) is 0.459. The van der Waals surface area contributed by atoms with Crippen LogP contribution in [0.2, 0.25) is 10.0 Å². The summed E-state index contributed by atoms with van der Waals surface area (Å²) in [5, 5.41) is 28.2. The van der Waals surface area contributed by atoms with Crippen molar-refractivity contribution in [2.75, 3.05) is 0 Å². The van der Waals surface area contributed by atoms with E-state index in [-0.39, 0.29) is 12.0 Å². The maximum atomic E-state index is 12.1. The molecule has 0 aliphatic heterocycles. The van der Waals surface area contributed by atoms with Gasteiger partial charge in [0.2, 0.25) is 0 Å². The lowest BCUT2D eigenvalue weighted by molar-refractivity contribution is 0.0973. The molecule has 0 spiro atoms. The van der Waals surface area contributed by atoms with E-state index >= 15 is 0 Å². The average molecular weight is 335 g/mol. The molecule has 3 N–H and O–H groups in total. The van der Waals surface area contributed by atoms with Crippen molar-refractivity contribution in [3.05, 3.63) is 15.6 Å². The number of carbonyl (C=O) groups excluding carboxylic acids is 1. The van der Waals surface area contributed by atoms with Crippen LogP contribution >= 0.6 is 23.2 Å². The zero-order chi connectivity index (χ0) is 16.0. The number of hydrogen-bond donors (Lipinski definition) is 3. The lowest BCUT2D eigenvalue weighted by Gasteiger charge is -2.11. The van der Waals surface area contributed by atoms with E-state index in [9.17, 15) is 20.1 Å². The lowest BCUT2D eigenvalue weighted by Crippen LogP contribution is -2.01. The Hall–Kier alpha value is -1.13. The molecule has 118 valence electrons. The van der Waals surface area contributed by atoms with Crippen LogP contribution in [-0.4, -0.2) is 21.1 Å². The van der Waals surface area contributed by atoms with Crippen LogP contribution < -0.4 is 0 Å². The highest BCUT2D eigenvalue weighted by atomic mass is 35.5. The van der Waals surface area contributed by atoms with E-state index in [2.05, 4.69) is 6.92 Å². The maximum absolute atomic E-state index is 12.1. The molecule has 0 aliphatic rings. The number of halogens is 2. The predicted molar refractivity (Wildman–Crippen MR) is 83.8 cm³/mol. The smallest absolute Gasteiger partial charge is 0.170 e. The van der Waals surface area contributed by atoms with E-state index in [1.807, 2.05) is 0 Å². The van der Waals surface area contributed by atoms with Crippen LogP contribution in [0.3, 0.4) is 0 Å². The Morgan fingerprint density at radius 2 is 1.33 bits per heavy atom. The molecule has 0 aromatic heterocycles. The van der Waals surface area contributed by atoms with Crippen LogP contribution in [-0.2, 0) is 0 Å². The number of benzene rings is 1. The SMILES string of the molecule is CCCCCCCCC(=O)c1c(O)c(Cl)c(O)c(Cl)c1O. The zero-order valence-electron chi connectivity index (χ0n) is 12.0. The van der Waals surface area contributed by atoms with Crippen molar-refractivity contribution in [3.63, 3.8) is 0 Å². The van der Waals surface area contributed by atoms with Crippen LogP contribution in [0.5, 0.6) is 17.2 Å². The first kappa shape index (κ1) is 17.9. The Balaban J connectivity index is 2.71. The monoisotopic (exact) mass is 334 g/mol. The zero-order valence-corrected chi connectivity index (χ0v) is 13.5. The summed E-state index contributed by atoms with van der Waals surface area (Å²) >= 11 is 11.3. The Labute approximate surface area is 134 Å². The maximum Gasteiger partial charge on any atom is 0.170 e. The van der Waals surface area contributed by atoms with Gasteiger partial charge < -0.3 is 15.3 Å². The number of ketones is 1. The highest BCUT2D eigenvalue weighted by molar-refractivity contribution is 6.40.